The fourth-order valence-corrected chi connectivity index (χ4v) is 4.40. The zero-order valence-corrected chi connectivity index (χ0v) is 18.1. The third-order valence-corrected chi connectivity index (χ3v) is 6.29. The van der Waals surface area contributed by atoms with Crippen LogP contribution in [0, 0.1) is 13.8 Å². The molecule has 5 rings (SSSR count). The molecule has 6 nitrogen and oxygen atoms in total. The molecule has 3 aromatic rings. The van der Waals surface area contributed by atoms with Crippen LogP contribution >= 0.6 is 0 Å². The maximum Gasteiger partial charge on any atom is 0.276 e. The summed E-state index contributed by atoms with van der Waals surface area (Å²) in [6, 6.07) is 16.2. The SMILES string of the molecule is Cc1cccc(C)c1OC1CCN(C(=O)c2nnn(-c3ccccc3)c2C2CC2)CC1. The van der Waals surface area contributed by atoms with E-state index in [1.807, 2.05) is 39.9 Å². The molecule has 0 unspecified atom stereocenters. The normalized spacial score (nSPS) is 17.0. The Bertz CT molecular complexity index is 1060. The van der Waals surface area contributed by atoms with Crippen LogP contribution in [0.3, 0.4) is 0 Å². The molecule has 0 N–H and O–H groups in total. The van der Waals surface area contributed by atoms with Crippen LogP contribution < -0.4 is 4.74 Å². The number of piperidine rings is 1. The van der Waals surface area contributed by atoms with Gasteiger partial charge in [0.1, 0.15) is 11.9 Å². The van der Waals surface area contributed by atoms with Crippen molar-refractivity contribution in [1.29, 1.82) is 0 Å². The molecule has 2 aliphatic rings. The van der Waals surface area contributed by atoms with Gasteiger partial charge in [-0.15, -0.1) is 5.10 Å². The molecular formula is C25H28N4O2. The van der Waals surface area contributed by atoms with Crippen molar-refractivity contribution in [2.75, 3.05) is 13.1 Å². The number of carbonyl (C=O) groups excluding carboxylic acids is 1. The van der Waals surface area contributed by atoms with E-state index >= 15 is 0 Å². The van der Waals surface area contributed by atoms with Gasteiger partial charge < -0.3 is 9.64 Å². The van der Waals surface area contributed by atoms with Gasteiger partial charge in [0.25, 0.3) is 5.91 Å². The number of hydrogen-bond acceptors (Lipinski definition) is 4. The number of rotatable bonds is 5. The Morgan fingerprint density at radius 3 is 2.26 bits per heavy atom. The predicted molar refractivity (Wildman–Crippen MR) is 119 cm³/mol. The van der Waals surface area contributed by atoms with Crippen molar-refractivity contribution in [2.24, 2.45) is 0 Å². The second-order valence-electron chi connectivity index (χ2n) is 8.68. The van der Waals surface area contributed by atoms with Gasteiger partial charge in [-0.25, -0.2) is 4.68 Å². The fourth-order valence-electron chi connectivity index (χ4n) is 4.40. The molecule has 2 fully saturated rings. The van der Waals surface area contributed by atoms with Gasteiger partial charge in [0, 0.05) is 31.8 Å². The van der Waals surface area contributed by atoms with Crippen molar-refractivity contribution in [3.8, 4) is 11.4 Å². The Labute approximate surface area is 182 Å². The molecular weight excluding hydrogens is 388 g/mol. The Kier molecular flexibility index (Phi) is 5.22. The molecule has 0 bridgehead atoms. The first-order valence-electron chi connectivity index (χ1n) is 11.1. The summed E-state index contributed by atoms with van der Waals surface area (Å²) in [5, 5.41) is 8.68. The molecule has 1 saturated carbocycles. The van der Waals surface area contributed by atoms with E-state index in [-0.39, 0.29) is 12.0 Å². The topological polar surface area (TPSA) is 60.2 Å². The van der Waals surface area contributed by atoms with Crippen LogP contribution in [0.25, 0.3) is 5.69 Å². The van der Waals surface area contributed by atoms with E-state index in [4.69, 9.17) is 4.74 Å². The minimum absolute atomic E-state index is 0.00500. The van der Waals surface area contributed by atoms with Crippen LogP contribution in [0.2, 0.25) is 0 Å². The van der Waals surface area contributed by atoms with Gasteiger partial charge in [-0.3, -0.25) is 4.79 Å². The van der Waals surface area contributed by atoms with Crippen LogP contribution in [0.15, 0.2) is 48.5 Å². The standard InChI is InChI=1S/C25H28N4O2/c1-17-7-6-8-18(2)24(17)31-21-13-15-28(16-14-21)25(30)22-23(19-11-12-19)29(27-26-22)20-9-4-3-5-10-20/h3-10,19,21H,11-16H2,1-2H3. The van der Waals surface area contributed by atoms with Crippen LogP contribution in [-0.4, -0.2) is 45.0 Å². The number of para-hydroxylation sites is 2. The van der Waals surface area contributed by atoms with Gasteiger partial charge in [0.2, 0.25) is 0 Å². The molecule has 1 aliphatic heterocycles. The Balaban J connectivity index is 1.30. The average molecular weight is 417 g/mol. The van der Waals surface area contributed by atoms with Crippen molar-refractivity contribution in [3.63, 3.8) is 0 Å². The van der Waals surface area contributed by atoms with Crippen molar-refractivity contribution in [1.82, 2.24) is 19.9 Å². The second-order valence-corrected chi connectivity index (χ2v) is 8.68. The summed E-state index contributed by atoms with van der Waals surface area (Å²) in [4.78, 5) is 15.3. The van der Waals surface area contributed by atoms with E-state index < -0.39 is 0 Å². The number of benzene rings is 2. The molecule has 2 heterocycles. The lowest BCUT2D eigenvalue weighted by molar-refractivity contribution is 0.0586. The Morgan fingerprint density at radius 1 is 0.935 bits per heavy atom. The van der Waals surface area contributed by atoms with Gasteiger partial charge >= 0.3 is 0 Å². The summed E-state index contributed by atoms with van der Waals surface area (Å²) < 4.78 is 8.16. The molecule has 6 heteroatoms. The van der Waals surface area contributed by atoms with Crippen molar-refractivity contribution < 1.29 is 9.53 Å². The van der Waals surface area contributed by atoms with E-state index in [9.17, 15) is 4.79 Å². The maximum atomic E-state index is 13.3. The lowest BCUT2D eigenvalue weighted by Gasteiger charge is -2.32. The van der Waals surface area contributed by atoms with Gasteiger partial charge in [0.05, 0.1) is 11.4 Å². The van der Waals surface area contributed by atoms with Crippen LogP contribution in [-0.2, 0) is 0 Å². The van der Waals surface area contributed by atoms with E-state index in [0.717, 1.165) is 53.9 Å². The average Bonchev–Trinajstić information content (AvgIpc) is 3.54. The summed E-state index contributed by atoms with van der Waals surface area (Å²) in [6.07, 6.45) is 3.96. The molecule has 2 aromatic carbocycles. The zero-order chi connectivity index (χ0) is 21.4. The predicted octanol–water partition coefficient (Wildman–Crippen LogP) is 4.45. The molecule has 0 atom stereocenters. The summed E-state index contributed by atoms with van der Waals surface area (Å²) in [7, 11) is 0. The first kappa shape index (κ1) is 19.8. The van der Waals surface area contributed by atoms with Gasteiger partial charge in [0.15, 0.2) is 5.69 Å². The van der Waals surface area contributed by atoms with Crippen molar-refractivity contribution in [2.45, 2.75) is 51.6 Å². The number of aromatic nitrogens is 3. The number of carbonyl (C=O) groups is 1. The highest BCUT2D eigenvalue weighted by Crippen LogP contribution is 2.42. The molecule has 0 spiro atoms. The first-order valence-corrected chi connectivity index (χ1v) is 11.1. The number of nitrogens with zero attached hydrogens (tertiary/aromatic N) is 4. The Hall–Kier alpha value is -3.15. The fraction of sp³-hybridized carbons (Fsp3) is 0.400. The van der Waals surface area contributed by atoms with Gasteiger partial charge in [-0.1, -0.05) is 41.6 Å². The molecule has 1 saturated heterocycles. The number of aryl methyl sites for hydroxylation is 2. The van der Waals surface area contributed by atoms with Crippen LogP contribution in [0.1, 0.15) is 58.9 Å². The van der Waals surface area contributed by atoms with Crippen LogP contribution in [0.5, 0.6) is 5.75 Å². The summed E-state index contributed by atoms with van der Waals surface area (Å²) in [5.41, 5.74) is 4.75. The number of hydrogen-bond donors (Lipinski definition) is 0. The van der Waals surface area contributed by atoms with Crippen molar-refractivity contribution in [3.05, 3.63) is 71.0 Å². The zero-order valence-electron chi connectivity index (χ0n) is 18.1. The highest BCUT2D eigenvalue weighted by atomic mass is 16.5. The molecule has 160 valence electrons. The molecule has 1 aliphatic carbocycles. The molecule has 1 aromatic heterocycles. The lowest BCUT2D eigenvalue weighted by atomic mass is 10.1. The lowest BCUT2D eigenvalue weighted by Crippen LogP contribution is -2.42. The third-order valence-electron chi connectivity index (χ3n) is 6.29. The smallest absolute Gasteiger partial charge is 0.276 e. The first-order chi connectivity index (χ1) is 15.1. The van der Waals surface area contributed by atoms with Crippen LogP contribution in [0.4, 0.5) is 0 Å². The van der Waals surface area contributed by atoms with E-state index in [1.54, 1.807) is 0 Å². The Morgan fingerprint density at radius 2 is 1.61 bits per heavy atom. The van der Waals surface area contributed by atoms with E-state index in [0.29, 0.717) is 24.7 Å². The number of likely N-dealkylation sites (tertiary alicyclic amines) is 1. The second kappa shape index (κ2) is 8.17. The number of amides is 1. The van der Waals surface area contributed by atoms with Gasteiger partial charge in [-0.05, 0) is 49.9 Å². The highest BCUT2D eigenvalue weighted by Gasteiger charge is 2.36. The highest BCUT2D eigenvalue weighted by molar-refractivity contribution is 5.93. The minimum atomic E-state index is -0.00500. The van der Waals surface area contributed by atoms with E-state index in [1.165, 1.54) is 0 Å². The minimum Gasteiger partial charge on any atom is -0.490 e. The summed E-state index contributed by atoms with van der Waals surface area (Å²) in [5.74, 6) is 1.35. The third kappa shape index (κ3) is 3.94. The van der Waals surface area contributed by atoms with Crippen molar-refractivity contribution >= 4 is 5.91 Å². The molecule has 1 amide bonds. The molecule has 31 heavy (non-hydrogen) atoms. The van der Waals surface area contributed by atoms with Gasteiger partial charge in [-0.2, -0.15) is 0 Å². The quantitative estimate of drug-likeness (QED) is 0.617. The summed E-state index contributed by atoms with van der Waals surface area (Å²) >= 11 is 0. The largest absolute Gasteiger partial charge is 0.490 e. The monoisotopic (exact) mass is 416 g/mol. The number of ether oxygens (including phenoxy) is 1. The van der Waals surface area contributed by atoms with E-state index in [2.05, 4.69) is 42.4 Å². The summed E-state index contributed by atoms with van der Waals surface area (Å²) in [6.45, 7) is 5.51. The molecule has 0 radical (unpaired) electrons. The maximum absolute atomic E-state index is 13.3.